The third kappa shape index (κ3) is 2.34. The Hall–Kier alpha value is -1.25. The minimum atomic E-state index is 0.533. The Labute approximate surface area is 79.6 Å². The van der Waals surface area contributed by atoms with Crippen LogP contribution < -0.4 is 10.6 Å². The number of aromatic nitrogens is 1. The lowest BCUT2D eigenvalue weighted by Gasteiger charge is -2.25. The van der Waals surface area contributed by atoms with Gasteiger partial charge in [0.15, 0.2) is 0 Å². The van der Waals surface area contributed by atoms with E-state index in [-0.39, 0.29) is 0 Å². The Bertz CT molecular complexity index is 255. The Kier molecular flexibility index (Phi) is 3.12. The third-order valence-electron chi connectivity index (χ3n) is 2.43. The summed E-state index contributed by atoms with van der Waals surface area (Å²) in [5, 5.41) is 0. The first kappa shape index (κ1) is 9.84. The number of pyridine rings is 1. The van der Waals surface area contributed by atoms with Crippen molar-refractivity contribution in [2.24, 2.45) is 0 Å². The van der Waals surface area contributed by atoms with Crippen LogP contribution in [0.5, 0.6) is 0 Å². The molecule has 3 nitrogen and oxygen atoms in total. The minimum Gasteiger partial charge on any atom is -0.384 e. The molecule has 0 saturated heterocycles. The molecule has 0 amide bonds. The van der Waals surface area contributed by atoms with Gasteiger partial charge in [-0.1, -0.05) is 6.92 Å². The van der Waals surface area contributed by atoms with E-state index in [2.05, 4.69) is 30.8 Å². The quantitative estimate of drug-likeness (QED) is 0.770. The molecular formula is C10H17N3. The van der Waals surface area contributed by atoms with Gasteiger partial charge >= 0.3 is 0 Å². The van der Waals surface area contributed by atoms with Crippen molar-refractivity contribution >= 4 is 11.5 Å². The van der Waals surface area contributed by atoms with Crippen LogP contribution in [0.15, 0.2) is 18.3 Å². The zero-order valence-electron chi connectivity index (χ0n) is 8.49. The van der Waals surface area contributed by atoms with Crippen LogP contribution in [0.2, 0.25) is 0 Å². The van der Waals surface area contributed by atoms with E-state index in [1.165, 1.54) is 0 Å². The lowest BCUT2D eigenvalue weighted by molar-refractivity contribution is 0.663. The normalized spacial score (nSPS) is 12.5. The van der Waals surface area contributed by atoms with Gasteiger partial charge in [-0.25, -0.2) is 4.98 Å². The van der Waals surface area contributed by atoms with Crippen LogP contribution in [0.25, 0.3) is 0 Å². The molecule has 72 valence electrons. The van der Waals surface area contributed by atoms with Crippen molar-refractivity contribution < 1.29 is 0 Å². The van der Waals surface area contributed by atoms with Gasteiger partial charge in [-0.2, -0.15) is 0 Å². The van der Waals surface area contributed by atoms with E-state index in [9.17, 15) is 0 Å². The third-order valence-corrected chi connectivity index (χ3v) is 2.43. The number of anilines is 2. The lowest BCUT2D eigenvalue weighted by Crippen LogP contribution is -2.27. The van der Waals surface area contributed by atoms with Gasteiger partial charge in [-0.15, -0.1) is 0 Å². The van der Waals surface area contributed by atoms with Gasteiger partial charge in [-0.05, 0) is 25.5 Å². The summed E-state index contributed by atoms with van der Waals surface area (Å²) in [6, 6.07) is 4.35. The standard InChI is InChI=1S/C10H17N3/c1-4-8(2)13(3)9-5-6-10(11)12-7-9/h5-8H,4H2,1-3H3,(H2,11,12). The van der Waals surface area contributed by atoms with Crippen LogP contribution in [0.3, 0.4) is 0 Å². The first-order valence-corrected chi connectivity index (χ1v) is 4.59. The molecule has 1 aromatic rings. The average Bonchev–Trinajstić information content (AvgIpc) is 2.17. The Morgan fingerprint density at radius 1 is 1.54 bits per heavy atom. The van der Waals surface area contributed by atoms with Crippen molar-refractivity contribution in [3.8, 4) is 0 Å². The van der Waals surface area contributed by atoms with E-state index >= 15 is 0 Å². The molecule has 0 aromatic carbocycles. The second kappa shape index (κ2) is 4.12. The highest BCUT2D eigenvalue weighted by Gasteiger charge is 2.07. The molecule has 2 N–H and O–H groups in total. The molecule has 13 heavy (non-hydrogen) atoms. The molecule has 1 rings (SSSR count). The molecule has 0 aliphatic heterocycles. The average molecular weight is 179 g/mol. The number of hydrogen-bond acceptors (Lipinski definition) is 3. The molecule has 1 aromatic heterocycles. The highest BCUT2D eigenvalue weighted by Crippen LogP contribution is 2.15. The van der Waals surface area contributed by atoms with Crippen molar-refractivity contribution in [3.63, 3.8) is 0 Å². The summed E-state index contributed by atoms with van der Waals surface area (Å²) in [5.74, 6) is 0.571. The molecule has 3 heteroatoms. The fourth-order valence-corrected chi connectivity index (χ4v) is 1.13. The predicted octanol–water partition coefficient (Wildman–Crippen LogP) is 1.90. The summed E-state index contributed by atoms with van der Waals surface area (Å²) in [7, 11) is 2.07. The molecule has 0 bridgehead atoms. The number of nitrogens with two attached hydrogens (primary N) is 1. The number of nitrogen functional groups attached to an aromatic ring is 1. The smallest absolute Gasteiger partial charge is 0.123 e. The van der Waals surface area contributed by atoms with Crippen LogP contribution in [-0.2, 0) is 0 Å². The first-order chi connectivity index (χ1) is 6.15. The molecule has 0 saturated carbocycles. The molecule has 0 fully saturated rings. The second-order valence-electron chi connectivity index (χ2n) is 3.31. The first-order valence-electron chi connectivity index (χ1n) is 4.59. The summed E-state index contributed by atoms with van der Waals surface area (Å²) in [5.41, 5.74) is 6.62. The number of hydrogen-bond donors (Lipinski definition) is 1. The van der Waals surface area contributed by atoms with Gasteiger partial charge in [0, 0.05) is 13.1 Å². The summed E-state index contributed by atoms with van der Waals surface area (Å²) in [6.45, 7) is 4.36. The van der Waals surface area contributed by atoms with Crippen molar-refractivity contribution in [3.05, 3.63) is 18.3 Å². The predicted molar refractivity (Wildman–Crippen MR) is 56.8 cm³/mol. The molecule has 1 heterocycles. The number of nitrogens with zero attached hydrogens (tertiary/aromatic N) is 2. The molecule has 1 atom stereocenters. The molecule has 0 radical (unpaired) electrons. The van der Waals surface area contributed by atoms with Gasteiger partial charge in [0.2, 0.25) is 0 Å². The fourth-order valence-electron chi connectivity index (χ4n) is 1.13. The van der Waals surface area contributed by atoms with E-state index in [1.54, 1.807) is 0 Å². The summed E-state index contributed by atoms with van der Waals surface area (Å²) in [6.07, 6.45) is 2.93. The van der Waals surface area contributed by atoms with E-state index in [0.29, 0.717) is 11.9 Å². The minimum absolute atomic E-state index is 0.533. The van der Waals surface area contributed by atoms with Crippen LogP contribution in [0.4, 0.5) is 11.5 Å². The van der Waals surface area contributed by atoms with Crippen molar-refractivity contribution in [2.75, 3.05) is 17.7 Å². The van der Waals surface area contributed by atoms with E-state index in [1.807, 2.05) is 18.3 Å². The van der Waals surface area contributed by atoms with Crippen molar-refractivity contribution in [1.29, 1.82) is 0 Å². The Morgan fingerprint density at radius 3 is 2.69 bits per heavy atom. The molecule has 0 aliphatic carbocycles. The van der Waals surface area contributed by atoms with Crippen LogP contribution >= 0.6 is 0 Å². The van der Waals surface area contributed by atoms with Gasteiger partial charge in [0.25, 0.3) is 0 Å². The maximum atomic E-state index is 5.51. The number of rotatable bonds is 3. The largest absolute Gasteiger partial charge is 0.384 e. The second-order valence-corrected chi connectivity index (χ2v) is 3.31. The molecule has 0 aliphatic rings. The highest BCUT2D eigenvalue weighted by molar-refractivity contribution is 5.47. The van der Waals surface area contributed by atoms with Crippen LogP contribution in [0.1, 0.15) is 20.3 Å². The molecular weight excluding hydrogens is 162 g/mol. The highest BCUT2D eigenvalue weighted by atomic mass is 15.1. The molecule has 0 spiro atoms. The summed E-state index contributed by atoms with van der Waals surface area (Å²) in [4.78, 5) is 6.25. The van der Waals surface area contributed by atoms with E-state index < -0.39 is 0 Å². The topological polar surface area (TPSA) is 42.1 Å². The SMILES string of the molecule is CCC(C)N(C)c1ccc(N)nc1. The summed E-state index contributed by atoms with van der Waals surface area (Å²) < 4.78 is 0. The zero-order valence-corrected chi connectivity index (χ0v) is 8.49. The maximum Gasteiger partial charge on any atom is 0.123 e. The van der Waals surface area contributed by atoms with Gasteiger partial charge < -0.3 is 10.6 Å². The van der Waals surface area contributed by atoms with Crippen LogP contribution in [-0.4, -0.2) is 18.1 Å². The maximum absolute atomic E-state index is 5.51. The van der Waals surface area contributed by atoms with Gasteiger partial charge in [0.05, 0.1) is 11.9 Å². The Balaban J connectivity index is 2.77. The summed E-state index contributed by atoms with van der Waals surface area (Å²) >= 11 is 0. The van der Waals surface area contributed by atoms with E-state index in [0.717, 1.165) is 12.1 Å². The molecule has 1 unspecified atom stereocenters. The lowest BCUT2D eigenvalue weighted by atomic mass is 10.2. The zero-order chi connectivity index (χ0) is 9.84. The van der Waals surface area contributed by atoms with Crippen molar-refractivity contribution in [1.82, 2.24) is 4.98 Å². The fraction of sp³-hybridized carbons (Fsp3) is 0.500. The monoisotopic (exact) mass is 179 g/mol. The van der Waals surface area contributed by atoms with Crippen molar-refractivity contribution in [2.45, 2.75) is 26.3 Å². The van der Waals surface area contributed by atoms with E-state index in [4.69, 9.17) is 5.73 Å². The Morgan fingerprint density at radius 2 is 2.23 bits per heavy atom. The van der Waals surface area contributed by atoms with Gasteiger partial charge in [0.1, 0.15) is 5.82 Å². The van der Waals surface area contributed by atoms with Crippen LogP contribution in [0, 0.1) is 0 Å². The van der Waals surface area contributed by atoms with Gasteiger partial charge in [-0.3, -0.25) is 0 Å².